The van der Waals surface area contributed by atoms with E-state index in [-0.39, 0.29) is 17.9 Å². The van der Waals surface area contributed by atoms with Gasteiger partial charge in [0.2, 0.25) is 5.91 Å². The van der Waals surface area contributed by atoms with Crippen molar-refractivity contribution in [3.05, 3.63) is 0 Å². The molecule has 5 atom stereocenters. The Kier molecular flexibility index (Phi) is 6.21. The van der Waals surface area contributed by atoms with Gasteiger partial charge in [-0.1, -0.05) is 26.2 Å². The van der Waals surface area contributed by atoms with Gasteiger partial charge in [-0.25, -0.2) is 4.79 Å². The zero-order valence-corrected chi connectivity index (χ0v) is 14.4. The maximum absolute atomic E-state index is 12.9. The number of hydrogen-bond acceptors (Lipinski definition) is 4. The summed E-state index contributed by atoms with van der Waals surface area (Å²) in [4.78, 5) is 37.3. The number of carbonyl (C=O) groups is 3. The van der Waals surface area contributed by atoms with Crippen LogP contribution in [0.15, 0.2) is 0 Å². The molecule has 0 spiro atoms. The number of carboxylic acids is 2. The maximum atomic E-state index is 12.9. The number of carboxylic acid groups (broad SMARTS) is 2. The minimum Gasteiger partial charge on any atom is -0.480 e. The van der Waals surface area contributed by atoms with E-state index in [1.165, 1.54) is 4.90 Å². The molecule has 1 saturated carbocycles. The van der Waals surface area contributed by atoms with E-state index in [1.54, 1.807) is 6.92 Å². The van der Waals surface area contributed by atoms with Crippen LogP contribution in [0.25, 0.3) is 0 Å². The second-order valence-corrected chi connectivity index (χ2v) is 7.01. The molecule has 0 aromatic rings. The first kappa shape index (κ1) is 18.7. The number of hydrogen-bond donors (Lipinski definition) is 3. The summed E-state index contributed by atoms with van der Waals surface area (Å²) in [6.07, 6.45) is 5.53. The fourth-order valence-electron chi connectivity index (χ4n) is 4.16. The Bertz CT molecular complexity index is 495. The van der Waals surface area contributed by atoms with E-state index in [2.05, 4.69) is 5.32 Å². The van der Waals surface area contributed by atoms with Crippen molar-refractivity contribution in [2.75, 3.05) is 0 Å². The van der Waals surface area contributed by atoms with Crippen molar-refractivity contribution in [3.63, 3.8) is 0 Å². The van der Waals surface area contributed by atoms with E-state index in [0.29, 0.717) is 19.3 Å². The Labute approximate surface area is 142 Å². The van der Waals surface area contributed by atoms with Crippen LogP contribution in [-0.2, 0) is 14.4 Å². The first-order valence-electron chi connectivity index (χ1n) is 8.90. The number of fused-ring (bicyclic) bond motifs is 1. The first-order valence-corrected chi connectivity index (χ1v) is 8.90. The molecular weight excluding hydrogens is 312 g/mol. The van der Waals surface area contributed by atoms with E-state index in [9.17, 15) is 24.6 Å². The van der Waals surface area contributed by atoms with Crippen molar-refractivity contribution >= 4 is 17.8 Å². The Morgan fingerprint density at radius 3 is 2.46 bits per heavy atom. The predicted molar refractivity (Wildman–Crippen MR) is 87.6 cm³/mol. The molecule has 2 fully saturated rings. The Hall–Kier alpha value is -1.63. The molecule has 7 heteroatoms. The number of likely N-dealkylation sites (tertiary alicyclic amines) is 1. The highest BCUT2D eigenvalue weighted by molar-refractivity contribution is 5.88. The second kappa shape index (κ2) is 7.96. The summed E-state index contributed by atoms with van der Waals surface area (Å²) in [5, 5.41) is 21.6. The largest absolute Gasteiger partial charge is 0.480 e. The lowest BCUT2D eigenvalue weighted by Gasteiger charge is -2.35. The summed E-state index contributed by atoms with van der Waals surface area (Å²) < 4.78 is 0. The van der Waals surface area contributed by atoms with Crippen molar-refractivity contribution in [1.82, 2.24) is 10.2 Å². The van der Waals surface area contributed by atoms with Crippen molar-refractivity contribution in [1.29, 1.82) is 0 Å². The minimum atomic E-state index is -0.983. The van der Waals surface area contributed by atoms with Gasteiger partial charge >= 0.3 is 11.9 Å². The van der Waals surface area contributed by atoms with Crippen LogP contribution in [0.3, 0.4) is 0 Å². The summed E-state index contributed by atoms with van der Waals surface area (Å²) in [5.41, 5.74) is 0. The lowest BCUT2D eigenvalue weighted by molar-refractivity contribution is -0.151. The van der Waals surface area contributed by atoms with Crippen LogP contribution in [0, 0.1) is 5.92 Å². The average molecular weight is 340 g/mol. The average Bonchev–Trinajstić information content (AvgIpc) is 2.93. The molecule has 0 aromatic heterocycles. The van der Waals surface area contributed by atoms with E-state index >= 15 is 0 Å². The highest BCUT2D eigenvalue weighted by Gasteiger charge is 2.48. The van der Waals surface area contributed by atoms with Gasteiger partial charge in [0, 0.05) is 6.04 Å². The van der Waals surface area contributed by atoms with Crippen LogP contribution in [0.1, 0.15) is 58.8 Å². The molecule has 1 heterocycles. The standard InChI is InChI=1S/C17H28N2O5/c1-3-6-12(16(21)22)18-10(2)15(20)19-13-8-5-4-7-11(13)9-14(19)17(23)24/h10-14,18H,3-9H2,1-2H3,(H,21,22)(H,23,24)/t10-,11-,12+,13-,14+/m1/s1. The van der Waals surface area contributed by atoms with Crippen LogP contribution in [-0.4, -0.2) is 57.1 Å². The van der Waals surface area contributed by atoms with Gasteiger partial charge in [0.05, 0.1) is 6.04 Å². The Morgan fingerprint density at radius 2 is 1.88 bits per heavy atom. The summed E-state index contributed by atoms with van der Waals surface area (Å²) in [5.74, 6) is -1.99. The van der Waals surface area contributed by atoms with Crippen LogP contribution < -0.4 is 5.32 Å². The van der Waals surface area contributed by atoms with Crippen LogP contribution in [0.5, 0.6) is 0 Å². The van der Waals surface area contributed by atoms with E-state index < -0.39 is 30.1 Å². The minimum absolute atomic E-state index is 0.0222. The molecule has 24 heavy (non-hydrogen) atoms. The van der Waals surface area contributed by atoms with Gasteiger partial charge in [-0.2, -0.15) is 0 Å². The van der Waals surface area contributed by atoms with Crippen LogP contribution in [0.2, 0.25) is 0 Å². The van der Waals surface area contributed by atoms with Crippen molar-refractivity contribution in [2.45, 2.75) is 83.0 Å². The molecule has 1 aliphatic heterocycles. The molecule has 2 rings (SSSR count). The number of amides is 1. The third kappa shape index (κ3) is 3.88. The molecular formula is C17H28N2O5. The van der Waals surface area contributed by atoms with E-state index in [0.717, 1.165) is 25.7 Å². The molecule has 1 aliphatic carbocycles. The van der Waals surface area contributed by atoms with Gasteiger partial charge in [-0.15, -0.1) is 0 Å². The van der Waals surface area contributed by atoms with Crippen molar-refractivity contribution in [2.24, 2.45) is 5.92 Å². The van der Waals surface area contributed by atoms with Gasteiger partial charge in [0.15, 0.2) is 0 Å². The second-order valence-electron chi connectivity index (χ2n) is 7.01. The molecule has 7 nitrogen and oxygen atoms in total. The van der Waals surface area contributed by atoms with Crippen LogP contribution >= 0.6 is 0 Å². The Morgan fingerprint density at radius 1 is 1.21 bits per heavy atom. The number of nitrogens with one attached hydrogen (secondary N) is 1. The van der Waals surface area contributed by atoms with Gasteiger partial charge in [0.1, 0.15) is 12.1 Å². The highest BCUT2D eigenvalue weighted by atomic mass is 16.4. The number of nitrogens with zero attached hydrogens (tertiary/aromatic N) is 1. The molecule has 0 radical (unpaired) electrons. The number of rotatable bonds is 7. The number of carbonyl (C=O) groups excluding carboxylic acids is 1. The van der Waals surface area contributed by atoms with Crippen LogP contribution in [0.4, 0.5) is 0 Å². The molecule has 0 bridgehead atoms. The summed E-state index contributed by atoms with van der Waals surface area (Å²) in [7, 11) is 0. The fourth-order valence-corrected chi connectivity index (χ4v) is 4.16. The van der Waals surface area contributed by atoms with Gasteiger partial charge in [-0.3, -0.25) is 14.9 Å². The lowest BCUT2D eigenvalue weighted by Crippen LogP contribution is -2.55. The summed E-state index contributed by atoms with van der Waals surface area (Å²) >= 11 is 0. The van der Waals surface area contributed by atoms with E-state index in [4.69, 9.17) is 0 Å². The van der Waals surface area contributed by atoms with Crippen molar-refractivity contribution < 1.29 is 24.6 Å². The normalized spacial score (nSPS) is 28.9. The number of aliphatic carboxylic acids is 2. The maximum Gasteiger partial charge on any atom is 0.326 e. The van der Waals surface area contributed by atoms with Gasteiger partial charge in [0.25, 0.3) is 0 Å². The monoisotopic (exact) mass is 340 g/mol. The zero-order chi connectivity index (χ0) is 17.9. The summed E-state index contributed by atoms with van der Waals surface area (Å²) in [6, 6.07) is -2.31. The molecule has 0 aromatic carbocycles. The highest BCUT2D eigenvalue weighted by Crippen LogP contribution is 2.40. The zero-order valence-electron chi connectivity index (χ0n) is 14.4. The van der Waals surface area contributed by atoms with Crippen molar-refractivity contribution in [3.8, 4) is 0 Å². The molecule has 1 amide bonds. The Balaban J connectivity index is 2.12. The quantitative estimate of drug-likeness (QED) is 0.648. The van der Waals surface area contributed by atoms with E-state index in [1.807, 2.05) is 6.92 Å². The molecule has 0 unspecified atom stereocenters. The molecule has 3 N–H and O–H groups in total. The first-order chi connectivity index (χ1) is 11.4. The predicted octanol–water partition coefficient (Wildman–Crippen LogP) is 1.46. The van der Waals surface area contributed by atoms with Gasteiger partial charge < -0.3 is 15.1 Å². The smallest absolute Gasteiger partial charge is 0.326 e. The third-order valence-corrected chi connectivity index (χ3v) is 5.32. The fraction of sp³-hybridized carbons (Fsp3) is 0.824. The molecule has 1 saturated heterocycles. The molecule has 2 aliphatic rings. The molecule has 136 valence electrons. The lowest BCUT2D eigenvalue weighted by atomic mass is 9.84. The third-order valence-electron chi connectivity index (χ3n) is 5.32. The van der Waals surface area contributed by atoms with Gasteiger partial charge in [-0.05, 0) is 38.5 Å². The topological polar surface area (TPSA) is 107 Å². The summed E-state index contributed by atoms with van der Waals surface area (Å²) in [6.45, 7) is 3.51. The SMILES string of the molecule is CCC[C@H](N[C@H](C)C(=O)N1[C@@H]2CCCC[C@@H]2C[C@H]1C(=O)O)C(=O)O.